The molecule has 0 saturated carbocycles. The van der Waals surface area contributed by atoms with E-state index in [1.54, 1.807) is 0 Å². The van der Waals surface area contributed by atoms with Gasteiger partial charge in [0.15, 0.2) is 0 Å². The Morgan fingerprint density at radius 1 is 0.562 bits per heavy atom. The van der Waals surface area contributed by atoms with E-state index < -0.39 is 0 Å². The number of hydrogen-bond acceptors (Lipinski definition) is 3. The van der Waals surface area contributed by atoms with Crippen LogP contribution in [-0.2, 0) is 0 Å². The molecule has 0 aliphatic heterocycles. The summed E-state index contributed by atoms with van der Waals surface area (Å²) in [7, 11) is 0. The molecule has 0 aliphatic carbocycles. The first-order valence-electron chi connectivity index (χ1n) is 10.7. The molecule has 0 saturated heterocycles. The highest BCUT2D eigenvalue weighted by molar-refractivity contribution is 6.09. The average Bonchev–Trinajstić information content (AvgIpc) is 3.23. The highest BCUT2D eigenvalue weighted by Crippen LogP contribution is 2.36. The third-order valence-electron chi connectivity index (χ3n) is 5.81. The fourth-order valence-electron chi connectivity index (χ4n) is 4.27. The van der Waals surface area contributed by atoms with Crippen LogP contribution in [0.3, 0.4) is 0 Å². The van der Waals surface area contributed by atoms with Crippen LogP contribution in [0.2, 0.25) is 0 Å². The monoisotopic (exact) mass is 412 g/mol. The van der Waals surface area contributed by atoms with Crippen molar-refractivity contribution in [2.45, 2.75) is 6.92 Å². The zero-order valence-electron chi connectivity index (χ0n) is 17.6. The summed E-state index contributed by atoms with van der Waals surface area (Å²) in [5.41, 5.74) is 7.95. The van der Waals surface area contributed by atoms with Crippen molar-refractivity contribution < 1.29 is 4.42 Å². The summed E-state index contributed by atoms with van der Waals surface area (Å²) in [4.78, 5) is 9.46. The molecule has 0 spiro atoms. The topological polar surface area (TPSA) is 38.9 Å². The fraction of sp³-hybridized carbons (Fsp3) is 0.0345. The van der Waals surface area contributed by atoms with Gasteiger partial charge in [-0.15, -0.1) is 0 Å². The van der Waals surface area contributed by atoms with Crippen LogP contribution in [0.15, 0.2) is 108 Å². The van der Waals surface area contributed by atoms with Crippen LogP contribution >= 0.6 is 0 Å². The summed E-state index contributed by atoms with van der Waals surface area (Å²) in [5.74, 6) is 0.734. The molecule has 152 valence electrons. The molecule has 0 unspecified atom stereocenters. The smallest absolute Gasteiger partial charge is 0.144 e. The van der Waals surface area contributed by atoms with Crippen LogP contribution in [0.4, 0.5) is 0 Å². The number of fused-ring (bicyclic) bond motifs is 3. The van der Waals surface area contributed by atoms with Crippen molar-refractivity contribution in [3.05, 3.63) is 109 Å². The zero-order chi connectivity index (χ0) is 21.5. The van der Waals surface area contributed by atoms with Crippen molar-refractivity contribution in [1.82, 2.24) is 9.97 Å². The standard InChI is InChI=1S/C29H20N2O/c1-19-30-26(22-16-14-21(15-17-22)20-8-3-2-4-9-20)18-27(31-19)25-12-7-11-24-23-10-5-6-13-28(23)32-29(24)25/h2-18H,1H3. The minimum Gasteiger partial charge on any atom is -0.455 e. The molecule has 0 N–H and O–H groups in total. The quantitative estimate of drug-likeness (QED) is 0.299. The Balaban J connectivity index is 1.46. The number of hydrogen-bond donors (Lipinski definition) is 0. The zero-order valence-corrected chi connectivity index (χ0v) is 17.6. The van der Waals surface area contributed by atoms with Crippen molar-refractivity contribution in [2.24, 2.45) is 0 Å². The van der Waals surface area contributed by atoms with Gasteiger partial charge in [-0.1, -0.05) is 84.9 Å². The molecule has 3 nitrogen and oxygen atoms in total. The number of nitrogens with zero attached hydrogens (tertiary/aromatic N) is 2. The highest BCUT2D eigenvalue weighted by atomic mass is 16.3. The minimum atomic E-state index is 0.734. The number of aromatic nitrogens is 2. The van der Waals surface area contributed by atoms with E-state index in [4.69, 9.17) is 14.4 Å². The molecule has 2 heterocycles. The molecule has 0 atom stereocenters. The van der Waals surface area contributed by atoms with E-state index in [9.17, 15) is 0 Å². The van der Waals surface area contributed by atoms with E-state index in [1.807, 2.05) is 37.3 Å². The van der Waals surface area contributed by atoms with Crippen molar-refractivity contribution in [3.63, 3.8) is 0 Å². The van der Waals surface area contributed by atoms with Crippen molar-refractivity contribution in [2.75, 3.05) is 0 Å². The average molecular weight is 412 g/mol. The third kappa shape index (κ3) is 3.15. The Morgan fingerprint density at radius 2 is 1.22 bits per heavy atom. The maximum absolute atomic E-state index is 6.23. The molecule has 4 aromatic carbocycles. The van der Waals surface area contributed by atoms with Crippen molar-refractivity contribution >= 4 is 21.9 Å². The first-order chi connectivity index (χ1) is 15.8. The lowest BCUT2D eigenvalue weighted by molar-refractivity contribution is 0.670. The lowest BCUT2D eigenvalue weighted by Gasteiger charge is -2.08. The molecular weight excluding hydrogens is 392 g/mol. The molecule has 6 aromatic rings. The molecule has 2 aromatic heterocycles. The largest absolute Gasteiger partial charge is 0.455 e. The molecular formula is C29H20N2O. The summed E-state index contributed by atoms with van der Waals surface area (Å²) < 4.78 is 6.23. The number of para-hydroxylation sites is 2. The third-order valence-corrected chi connectivity index (χ3v) is 5.81. The molecule has 6 rings (SSSR count). The second-order valence-electron chi connectivity index (χ2n) is 7.91. The van der Waals surface area contributed by atoms with Crippen LogP contribution in [-0.4, -0.2) is 9.97 Å². The Hall–Kier alpha value is -4.24. The van der Waals surface area contributed by atoms with E-state index in [-0.39, 0.29) is 0 Å². The fourth-order valence-corrected chi connectivity index (χ4v) is 4.27. The van der Waals surface area contributed by atoms with Gasteiger partial charge in [-0.25, -0.2) is 9.97 Å². The lowest BCUT2D eigenvalue weighted by Crippen LogP contribution is -1.95. The first kappa shape index (κ1) is 18.5. The Labute approximate surface area is 186 Å². The van der Waals surface area contributed by atoms with Gasteiger partial charge in [0.05, 0.1) is 11.4 Å². The second kappa shape index (κ2) is 7.47. The number of furan rings is 1. The van der Waals surface area contributed by atoms with E-state index in [2.05, 4.69) is 72.8 Å². The van der Waals surface area contributed by atoms with Gasteiger partial charge in [-0.2, -0.15) is 0 Å². The first-order valence-corrected chi connectivity index (χ1v) is 10.7. The molecule has 0 amide bonds. The van der Waals surface area contributed by atoms with Crippen LogP contribution in [0.1, 0.15) is 5.82 Å². The number of rotatable bonds is 3. The Bertz CT molecular complexity index is 1560. The van der Waals surface area contributed by atoms with Crippen LogP contribution in [0, 0.1) is 6.92 Å². The molecule has 0 bridgehead atoms. The summed E-state index contributed by atoms with van der Waals surface area (Å²) in [6, 6.07) is 35.3. The maximum atomic E-state index is 6.23. The normalized spacial score (nSPS) is 11.3. The molecule has 3 heteroatoms. The van der Waals surface area contributed by atoms with E-state index in [1.165, 1.54) is 11.1 Å². The van der Waals surface area contributed by atoms with Crippen LogP contribution < -0.4 is 0 Å². The lowest BCUT2D eigenvalue weighted by atomic mass is 10.0. The predicted octanol–water partition coefficient (Wildman–Crippen LogP) is 7.69. The van der Waals surface area contributed by atoms with Gasteiger partial charge in [0, 0.05) is 21.9 Å². The summed E-state index contributed by atoms with van der Waals surface area (Å²) in [6.07, 6.45) is 0. The molecule has 32 heavy (non-hydrogen) atoms. The predicted molar refractivity (Wildman–Crippen MR) is 130 cm³/mol. The highest BCUT2D eigenvalue weighted by Gasteiger charge is 2.14. The van der Waals surface area contributed by atoms with Crippen LogP contribution in [0.25, 0.3) is 55.6 Å². The van der Waals surface area contributed by atoms with E-state index >= 15 is 0 Å². The van der Waals surface area contributed by atoms with Gasteiger partial charge in [0.25, 0.3) is 0 Å². The van der Waals surface area contributed by atoms with E-state index in [0.29, 0.717) is 0 Å². The second-order valence-corrected chi connectivity index (χ2v) is 7.91. The van der Waals surface area contributed by atoms with Crippen molar-refractivity contribution in [1.29, 1.82) is 0 Å². The van der Waals surface area contributed by atoms with Gasteiger partial charge >= 0.3 is 0 Å². The Morgan fingerprint density at radius 3 is 2.06 bits per heavy atom. The molecule has 0 radical (unpaired) electrons. The van der Waals surface area contributed by atoms with E-state index in [0.717, 1.165) is 50.3 Å². The van der Waals surface area contributed by atoms with Gasteiger partial charge < -0.3 is 4.42 Å². The van der Waals surface area contributed by atoms with Gasteiger partial charge in [-0.05, 0) is 36.2 Å². The Kier molecular flexibility index (Phi) is 4.32. The summed E-state index contributed by atoms with van der Waals surface area (Å²) in [6.45, 7) is 1.93. The van der Waals surface area contributed by atoms with Gasteiger partial charge in [0.1, 0.15) is 17.0 Å². The number of aryl methyl sites for hydroxylation is 1. The van der Waals surface area contributed by atoms with Gasteiger partial charge in [0.2, 0.25) is 0 Å². The van der Waals surface area contributed by atoms with Crippen molar-refractivity contribution in [3.8, 4) is 33.6 Å². The molecule has 0 aliphatic rings. The SMILES string of the molecule is Cc1nc(-c2ccc(-c3ccccc3)cc2)cc(-c2cccc3c2oc2ccccc23)n1. The molecule has 0 fully saturated rings. The van der Waals surface area contributed by atoms with Gasteiger partial charge in [-0.3, -0.25) is 0 Å². The summed E-state index contributed by atoms with van der Waals surface area (Å²) in [5, 5.41) is 2.22. The maximum Gasteiger partial charge on any atom is 0.144 e. The van der Waals surface area contributed by atoms with Crippen LogP contribution in [0.5, 0.6) is 0 Å². The number of benzene rings is 4. The minimum absolute atomic E-state index is 0.734. The summed E-state index contributed by atoms with van der Waals surface area (Å²) >= 11 is 0.